The number of amides is 1. The van der Waals surface area contributed by atoms with Crippen molar-refractivity contribution >= 4 is 21.8 Å². The third kappa shape index (κ3) is 3.36. The molecule has 0 heterocycles. The van der Waals surface area contributed by atoms with Crippen LogP contribution in [0.2, 0.25) is 0 Å². The number of carbonyl (C=O) groups is 1. The van der Waals surface area contributed by atoms with E-state index < -0.39 is 5.41 Å². The highest BCUT2D eigenvalue weighted by atomic mass is 79.9. The lowest BCUT2D eigenvalue weighted by Crippen LogP contribution is -2.41. The Labute approximate surface area is 122 Å². The molecule has 1 aromatic rings. The first-order chi connectivity index (χ1) is 9.16. The van der Waals surface area contributed by atoms with E-state index in [2.05, 4.69) is 27.3 Å². The van der Waals surface area contributed by atoms with Crippen LogP contribution in [0.5, 0.6) is 0 Å². The van der Waals surface area contributed by atoms with Crippen LogP contribution in [-0.2, 0) is 11.3 Å². The molecule has 0 saturated heterocycles. The minimum atomic E-state index is -0.798. The number of halogens is 1. The summed E-state index contributed by atoms with van der Waals surface area (Å²) in [6.07, 6.45) is 4.45. The maximum absolute atomic E-state index is 12.2. The summed E-state index contributed by atoms with van der Waals surface area (Å²) in [5.74, 6) is -0.113. The van der Waals surface area contributed by atoms with E-state index in [9.17, 15) is 10.1 Å². The van der Waals surface area contributed by atoms with Crippen molar-refractivity contribution in [3.8, 4) is 6.07 Å². The van der Waals surface area contributed by atoms with Gasteiger partial charge in [0.15, 0.2) is 0 Å². The number of hydrogen-bond acceptors (Lipinski definition) is 2. The minimum Gasteiger partial charge on any atom is -0.351 e. The van der Waals surface area contributed by atoms with Gasteiger partial charge in [-0.15, -0.1) is 0 Å². The average Bonchev–Trinajstić information content (AvgIpc) is 2.47. The van der Waals surface area contributed by atoms with E-state index in [1.807, 2.05) is 24.3 Å². The summed E-state index contributed by atoms with van der Waals surface area (Å²) in [6, 6.07) is 10.1. The Bertz CT molecular complexity index is 484. The molecule has 0 radical (unpaired) electrons. The normalized spacial score (nSPS) is 17.5. The second-order valence-electron chi connectivity index (χ2n) is 5.06. The monoisotopic (exact) mass is 320 g/mol. The lowest BCUT2D eigenvalue weighted by Gasteiger charge is -2.29. The Balaban J connectivity index is 1.96. The summed E-state index contributed by atoms with van der Waals surface area (Å²) in [4.78, 5) is 12.2. The van der Waals surface area contributed by atoms with Crippen molar-refractivity contribution in [1.82, 2.24) is 5.32 Å². The minimum absolute atomic E-state index is 0.113. The smallest absolute Gasteiger partial charge is 0.240 e. The first kappa shape index (κ1) is 14.1. The van der Waals surface area contributed by atoms with E-state index in [1.54, 1.807) is 0 Å². The van der Waals surface area contributed by atoms with Gasteiger partial charge in [0.1, 0.15) is 5.41 Å². The highest BCUT2D eigenvalue weighted by molar-refractivity contribution is 9.10. The second-order valence-corrected chi connectivity index (χ2v) is 5.98. The van der Waals surface area contributed by atoms with Crippen LogP contribution in [0.1, 0.15) is 37.7 Å². The van der Waals surface area contributed by atoms with Crippen LogP contribution >= 0.6 is 15.9 Å². The van der Waals surface area contributed by atoms with Crippen LogP contribution in [-0.4, -0.2) is 5.91 Å². The van der Waals surface area contributed by atoms with Gasteiger partial charge in [-0.05, 0) is 30.5 Å². The Kier molecular flexibility index (Phi) is 4.60. The maximum atomic E-state index is 12.2. The predicted octanol–water partition coefficient (Wildman–Crippen LogP) is 3.54. The molecular weight excluding hydrogens is 304 g/mol. The molecule has 1 fully saturated rings. The van der Waals surface area contributed by atoms with Crippen molar-refractivity contribution in [1.29, 1.82) is 5.26 Å². The molecule has 0 unspecified atom stereocenters. The first-order valence-corrected chi connectivity index (χ1v) is 7.40. The van der Waals surface area contributed by atoms with E-state index in [4.69, 9.17) is 0 Å². The Morgan fingerprint density at radius 2 is 1.89 bits per heavy atom. The van der Waals surface area contributed by atoms with Crippen molar-refractivity contribution in [2.45, 2.75) is 38.6 Å². The van der Waals surface area contributed by atoms with Gasteiger partial charge in [-0.25, -0.2) is 0 Å². The van der Waals surface area contributed by atoms with Gasteiger partial charge in [-0.3, -0.25) is 4.79 Å². The van der Waals surface area contributed by atoms with Gasteiger partial charge in [-0.1, -0.05) is 47.3 Å². The molecule has 0 aromatic heterocycles. The van der Waals surface area contributed by atoms with Gasteiger partial charge in [0.25, 0.3) is 0 Å². The Morgan fingerprint density at radius 3 is 2.47 bits per heavy atom. The first-order valence-electron chi connectivity index (χ1n) is 6.60. The lowest BCUT2D eigenvalue weighted by atomic mass is 9.74. The molecule has 1 aliphatic rings. The van der Waals surface area contributed by atoms with Crippen molar-refractivity contribution in [2.24, 2.45) is 5.41 Å². The summed E-state index contributed by atoms with van der Waals surface area (Å²) >= 11 is 3.38. The van der Waals surface area contributed by atoms with E-state index in [1.165, 1.54) is 0 Å². The van der Waals surface area contributed by atoms with Crippen LogP contribution in [0.25, 0.3) is 0 Å². The van der Waals surface area contributed by atoms with Gasteiger partial charge in [-0.2, -0.15) is 5.26 Å². The number of nitrogens with one attached hydrogen (secondary N) is 1. The van der Waals surface area contributed by atoms with Crippen molar-refractivity contribution in [2.75, 3.05) is 0 Å². The fourth-order valence-corrected chi connectivity index (χ4v) is 2.76. The highest BCUT2D eigenvalue weighted by Gasteiger charge is 2.39. The zero-order chi connectivity index (χ0) is 13.7. The van der Waals surface area contributed by atoms with Crippen molar-refractivity contribution in [3.05, 3.63) is 34.3 Å². The predicted molar refractivity (Wildman–Crippen MR) is 77.1 cm³/mol. The summed E-state index contributed by atoms with van der Waals surface area (Å²) in [7, 11) is 0. The molecule has 2 rings (SSSR count). The van der Waals surface area contributed by atoms with Gasteiger partial charge < -0.3 is 5.32 Å². The van der Waals surface area contributed by atoms with E-state index >= 15 is 0 Å². The number of rotatable bonds is 3. The van der Waals surface area contributed by atoms with Crippen LogP contribution in [0.3, 0.4) is 0 Å². The quantitative estimate of drug-likeness (QED) is 0.926. The Morgan fingerprint density at radius 1 is 1.26 bits per heavy atom. The zero-order valence-electron chi connectivity index (χ0n) is 10.8. The summed E-state index contributed by atoms with van der Waals surface area (Å²) < 4.78 is 1.02. The molecule has 1 aliphatic carbocycles. The number of carbonyl (C=O) groups excluding carboxylic acids is 1. The number of hydrogen-bond donors (Lipinski definition) is 1. The molecule has 19 heavy (non-hydrogen) atoms. The standard InChI is InChI=1S/C15H17BrN2O/c16-13-6-4-12(5-7-13)10-18-14(19)15(11-17)8-2-1-3-9-15/h4-7H,1-3,8-10H2,(H,18,19). The Hall–Kier alpha value is -1.34. The SMILES string of the molecule is N#CC1(C(=O)NCc2ccc(Br)cc2)CCCCC1. The van der Waals surface area contributed by atoms with Crippen LogP contribution in [0.15, 0.2) is 28.7 Å². The van der Waals surface area contributed by atoms with Crippen LogP contribution in [0, 0.1) is 16.7 Å². The van der Waals surface area contributed by atoms with Crippen molar-refractivity contribution < 1.29 is 4.79 Å². The molecule has 1 saturated carbocycles. The molecule has 1 amide bonds. The molecule has 3 nitrogen and oxygen atoms in total. The molecule has 100 valence electrons. The van der Waals surface area contributed by atoms with Crippen LogP contribution in [0.4, 0.5) is 0 Å². The highest BCUT2D eigenvalue weighted by Crippen LogP contribution is 2.35. The third-order valence-corrected chi connectivity index (χ3v) is 4.25. The lowest BCUT2D eigenvalue weighted by molar-refractivity contribution is -0.129. The number of nitrogens with zero attached hydrogens (tertiary/aromatic N) is 1. The van der Waals surface area contributed by atoms with Crippen LogP contribution < -0.4 is 5.32 Å². The number of nitriles is 1. The van der Waals surface area contributed by atoms with Gasteiger partial charge in [0, 0.05) is 11.0 Å². The second kappa shape index (κ2) is 6.21. The summed E-state index contributed by atoms with van der Waals surface area (Å²) in [6.45, 7) is 0.482. The molecule has 0 atom stereocenters. The topological polar surface area (TPSA) is 52.9 Å². The fourth-order valence-electron chi connectivity index (χ4n) is 2.50. The van der Waals surface area contributed by atoms with Gasteiger partial charge >= 0.3 is 0 Å². The zero-order valence-corrected chi connectivity index (χ0v) is 12.4. The van der Waals surface area contributed by atoms with E-state index in [-0.39, 0.29) is 5.91 Å². The largest absolute Gasteiger partial charge is 0.351 e. The maximum Gasteiger partial charge on any atom is 0.240 e. The molecule has 1 N–H and O–H groups in total. The molecule has 0 spiro atoms. The third-order valence-electron chi connectivity index (χ3n) is 3.72. The number of benzene rings is 1. The van der Waals surface area contributed by atoms with E-state index in [0.29, 0.717) is 19.4 Å². The van der Waals surface area contributed by atoms with Crippen molar-refractivity contribution in [3.63, 3.8) is 0 Å². The average molecular weight is 321 g/mol. The molecule has 1 aromatic carbocycles. The summed E-state index contributed by atoms with van der Waals surface area (Å²) in [5.41, 5.74) is 0.244. The van der Waals surface area contributed by atoms with Gasteiger partial charge in [0.2, 0.25) is 5.91 Å². The van der Waals surface area contributed by atoms with E-state index in [0.717, 1.165) is 29.3 Å². The van der Waals surface area contributed by atoms with Gasteiger partial charge in [0.05, 0.1) is 6.07 Å². The molecule has 4 heteroatoms. The molecule has 0 aliphatic heterocycles. The molecule has 0 bridgehead atoms. The summed E-state index contributed by atoms with van der Waals surface area (Å²) in [5, 5.41) is 12.2. The molecular formula is C15H17BrN2O. The fraction of sp³-hybridized carbons (Fsp3) is 0.467.